The average Bonchev–Trinajstić information content (AvgIpc) is 3.02. The molecule has 1 unspecified atom stereocenters. The van der Waals surface area contributed by atoms with Crippen LogP contribution in [0.3, 0.4) is 0 Å². The third-order valence-corrected chi connectivity index (χ3v) is 3.95. The number of hydrogen-bond donors (Lipinski definition) is 2. The Balaban J connectivity index is 1.49. The van der Waals surface area contributed by atoms with Crippen LogP contribution in [-0.4, -0.2) is 28.7 Å². The maximum Gasteiger partial charge on any atom is 0.321 e. The third-order valence-electron chi connectivity index (χ3n) is 3.95. The standard InChI is InChI=1S/C18H16N4O2/c23-17-11-21-16(24-17)9-12-1-3-14(4-2-12)22-18-15-10-19-7-5-13(15)6-8-20-18/h1-8,10,16,21H,9,11H2,(H,20,22). The summed E-state index contributed by atoms with van der Waals surface area (Å²) >= 11 is 0. The molecule has 0 amide bonds. The predicted molar refractivity (Wildman–Crippen MR) is 90.8 cm³/mol. The molecule has 1 fully saturated rings. The summed E-state index contributed by atoms with van der Waals surface area (Å²) < 4.78 is 5.16. The average molecular weight is 320 g/mol. The lowest BCUT2D eigenvalue weighted by atomic mass is 10.1. The largest absolute Gasteiger partial charge is 0.445 e. The molecule has 1 atom stereocenters. The Morgan fingerprint density at radius 3 is 2.79 bits per heavy atom. The highest BCUT2D eigenvalue weighted by Crippen LogP contribution is 2.23. The molecule has 0 radical (unpaired) electrons. The molecule has 4 rings (SSSR count). The van der Waals surface area contributed by atoms with Gasteiger partial charge in [0.05, 0.1) is 6.54 Å². The van der Waals surface area contributed by atoms with Gasteiger partial charge in [-0.1, -0.05) is 12.1 Å². The van der Waals surface area contributed by atoms with Gasteiger partial charge in [-0.15, -0.1) is 0 Å². The maximum absolute atomic E-state index is 11.1. The van der Waals surface area contributed by atoms with Gasteiger partial charge in [-0.3, -0.25) is 15.1 Å². The van der Waals surface area contributed by atoms with Crippen molar-refractivity contribution in [3.05, 3.63) is 60.6 Å². The van der Waals surface area contributed by atoms with Crippen LogP contribution in [0.25, 0.3) is 10.8 Å². The van der Waals surface area contributed by atoms with Crippen LogP contribution >= 0.6 is 0 Å². The molecule has 0 saturated carbocycles. The summed E-state index contributed by atoms with van der Waals surface area (Å²) in [4.78, 5) is 19.7. The van der Waals surface area contributed by atoms with E-state index < -0.39 is 0 Å². The monoisotopic (exact) mass is 320 g/mol. The lowest BCUT2D eigenvalue weighted by molar-refractivity contribution is -0.140. The van der Waals surface area contributed by atoms with Crippen LogP contribution in [-0.2, 0) is 16.0 Å². The number of aromatic nitrogens is 2. The Morgan fingerprint density at radius 1 is 1.17 bits per heavy atom. The number of hydrogen-bond acceptors (Lipinski definition) is 6. The van der Waals surface area contributed by atoms with Crippen LogP contribution in [0.1, 0.15) is 5.56 Å². The van der Waals surface area contributed by atoms with E-state index in [2.05, 4.69) is 20.6 Å². The van der Waals surface area contributed by atoms with Gasteiger partial charge in [0.15, 0.2) is 6.23 Å². The second-order valence-electron chi connectivity index (χ2n) is 5.64. The smallest absolute Gasteiger partial charge is 0.321 e. The topological polar surface area (TPSA) is 76.1 Å². The van der Waals surface area contributed by atoms with Crippen LogP contribution in [0, 0.1) is 0 Å². The Hall–Kier alpha value is -2.99. The van der Waals surface area contributed by atoms with Crippen LogP contribution < -0.4 is 10.6 Å². The van der Waals surface area contributed by atoms with Gasteiger partial charge in [0, 0.05) is 36.1 Å². The first-order valence-corrected chi connectivity index (χ1v) is 7.75. The predicted octanol–water partition coefficient (Wildman–Crippen LogP) is 2.39. The molecule has 0 aliphatic carbocycles. The van der Waals surface area contributed by atoms with Crippen molar-refractivity contribution < 1.29 is 9.53 Å². The number of pyridine rings is 2. The van der Waals surface area contributed by atoms with Gasteiger partial charge >= 0.3 is 5.97 Å². The van der Waals surface area contributed by atoms with E-state index in [1.54, 1.807) is 18.6 Å². The van der Waals surface area contributed by atoms with Crippen molar-refractivity contribution in [2.45, 2.75) is 12.6 Å². The van der Waals surface area contributed by atoms with Gasteiger partial charge in [-0.2, -0.15) is 0 Å². The van der Waals surface area contributed by atoms with E-state index in [1.165, 1.54) is 0 Å². The van der Waals surface area contributed by atoms with E-state index in [-0.39, 0.29) is 18.7 Å². The van der Waals surface area contributed by atoms with Crippen molar-refractivity contribution in [1.82, 2.24) is 15.3 Å². The molecular formula is C18H16N4O2. The molecule has 6 nitrogen and oxygen atoms in total. The summed E-state index contributed by atoms with van der Waals surface area (Å²) in [6.07, 6.45) is 5.77. The first-order valence-electron chi connectivity index (χ1n) is 7.75. The fourth-order valence-corrected chi connectivity index (χ4v) is 2.74. The van der Waals surface area contributed by atoms with E-state index in [4.69, 9.17) is 4.74 Å². The number of nitrogens with one attached hydrogen (secondary N) is 2. The number of anilines is 2. The normalized spacial score (nSPS) is 17.0. The van der Waals surface area contributed by atoms with Gasteiger partial charge in [0.2, 0.25) is 0 Å². The second-order valence-corrected chi connectivity index (χ2v) is 5.64. The van der Waals surface area contributed by atoms with E-state index >= 15 is 0 Å². The molecular weight excluding hydrogens is 304 g/mol. The molecule has 1 saturated heterocycles. The number of carbonyl (C=O) groups excluding carboxylic acids is 1. The fourth-order valence-electron chi connectivity index (χ4n) is 2.74. The molecule has 0 bridgehead atoms. The van der Waals surface area contributed by atoms with E-state index in [1.807, 2.05) is 36.4 Å². The number of esters is 1. The summed E-state index contributed by atoms with van der Waals surface area (Å²) in [5.74, 6) is 0.577. The Bertz CT molecular complexity index is 874. The number of carbonyl (C=O) groups is 1. The fraction of sp³-hybridized carbons (Fsp3) is 0.167. The Morgan fingerprint density at radius 2 is 2.00 bits per heavy atom. The van der Waals surface area contributed by atoms with Crippen LogP contribution in [0.15, 0.2) is 55.0 Å². The molecule has 2 N–H and O–H groups in total. The zero-order chi connectivity index (χ0) is 16.4. The molecule has 1 aliphatic heterocycles. The summed E-state index contributed by atoms with van der Waals surface area (Å²) in [6, 6.07) is 11.9. The lowest BCUT2D eigenvalue weighted by Crippen LogP contribution is -2.24. The number of benzene rings is 1. The molecule has 3 aromatic rings. The van der Waals surface area contributed by atoms with Crippen molar-refractivity contribution in [1.29, 1.82) is 0 Å². The maximum atomic E-state index is 11.1. The molecule has 120 valence electrons. The second kappa shape index (κ2) is 6.25. The first-order chi connectivity index (χ1) is 11.8. The van der Waals surface area contributed by atoms with E-state index in [0.29, 0.717) is 6.42 Å². The zero-order valence-electron chi connectivity index (χ0n) is 12.9. The van der Waals surface area contributed by atoms with E-state index in [9.17, 15) is 4.79 Å². The highest BCUT2D eigenvalue weighted by molar-refractivity contribution is 5.92. The summed E-state index contributed by atoms with van der Waals surface area (Å²) in [5, 5.41) is 8.42. The lowest BCUT2D eigenvalue weighted by Gasteiger charge is -2.11. The molecule has 1 aromatic carbocycles. The number of ether oxygens (including phenoxy) is 1. The number of cyclic esters (lactones) is 1. The molecule has 2 aromatic heterocycles. The highest BCUT2D eigenvalue weighted by Gasteiger charge is 2.22. The van der Waals surface area contributed by atoms with Crippen LogP contribution in [0.5, 0.6) is 0 Å². The first kappa shape index (κ1) is 14.6. The molecule has 24 heavy (non-hydrogen) atoms. The van der Waals surface area contributed by atoms with Crippen molar-refractivity contribution in [3.63, 3.8) is 0 Å². The number of nitrogens with zero attached hydrogens (tertiary/aromatic N) is 2. The highest BCUT2D eigenvalue weighted by atomic mass is 16.6. The molecule has 1 aliphatic rings. The summed E-state index contributed by atoms with van der Waals surface area (Å²) in [7, 11) is 0. The Labute approximate surface area is 138 Å². The minimum atomic E-state index is -0.234. The quantitative estimate of drug-likeness (QED) is 0.719. The zero-order valence-corrected chi connectivity index (χ0v) is 12.9. The minimum Gasteiger partial charge on any atom is -0.445 e. The minimum absolute atomic E-state index is 0.200. The van der Waals surface area contributed by atoms with Gasteiger partial charge in [0.1, 0.15) is 5.82 Å². The van der Waals surface area contributed by atoms with Crippen molar-refractivity contribution in [2.24, 2.45) is 0 Å². The van der Waals surface area contributed by atoms with Gasteiger partial charge in [-0.05, 0) is 35.2 Å². The van der Waals surface area contributed by atoms with E-state index in [0.717, 1.165) is 27.8 Å². The van der Waals surface area contributed by atoms with Crippen LogP contribution in [0.4, 0.5) is 11.5 Å². The molecule has 3 heterocycles. The van der Waals surface area contributed by atoms with Crippen molar-refractivity contribution in [3.8, 4) is 0 Å². The van der Waals surface area contributed by atoms with Gasteiger partial charge in [0.25, 0.3) is 0 Å². The summed E-state index contributed by atoms with van der Waals surface area (Å²) in [6.45, 7) is 0.283. The molecule has 0 spiro atoms. The van der Waals surface area contributed by atoms with Crippen LogP contribution in [0.2, 0.25) is 0 Å². The Kier molecular flexibility index (Phi) is 3.80. The van der Waals surface area contributed by atoms with Gasteiger partial charge < -0.3 is 10.1 Å². The molecule has 6 heteroatoms. The van der Waals surface area contributed by atoms with Crippen molar-refractivity contribution >= 4 is 28.2 Å². The summed E-state index contributed by atoms with van der Waals surface area (Å²) in [5.41, 5.74) is 2.04. The van der Waals surface area contributed by atoms with Crippen molar-refractivity contribution in [2.75, 3.05) is 11.9 Å². The van der Waals surface area contributed by atoms with Gasteiger partial charge in [-0.25, -0.2) is 4.98 Å². The number of rotatable bonds is 4. The third kappa shape index (κ3) is 3.04. The SMILES string of the molecule is O=C1CNC(Cc2ccc(Nc3nccc4ccncc34)cc2)O1. The number of fused-ring (bicyclic) bond motifs is 1.